The molecule has 3 aromatic rings. The van der Waals surface area contributed by atoms with Gasteiger partial charge in [-0.1, -0.05) is 32.3 Å². The zero-order valence-electron chi connectivity index (χ0n) is 15.9. The average Bonchev–Trinajstić information content (AvgIpc) is 3.21. The van der Waals surface area contributed by atoms with Crippen LogP contribution in [0.4, 0.5) is 0 Å². The van der Waals surface area contributed by atoms with Gasteiger partial charge in [0.15, 0.2) is 0 Å². The summed E-state index contributed by atoms with van der Waals surface area (Å²) in [6.07, 6.45) is 4.47. The first kappa shape index (κ1) is 21.2. The van der Waals surface area contributed by atoms with E-state index in [0.29, 0.717) is 23.4 Å². The van der Waals surface area contributed by atoms with E-state index in [1.807, 2.05) is 0 Å². The summed E-state index contributed by atoms with van der Waals surface area (Å²) in [6.45, 7) is 2.78. The molecule has 0 fully saturated rings. The molecule has 1 aromatic heterocycles. The van der Waals surface area contributed by atoms with Crippen LogP contribution in [-0.4, -0.2) is 29.7 Å². The Bertz CT molecular complexity index is 1070. The molecule has 8 nitrogen and oxygen atoms in total. The second kappa shape index (κ2) is 9.77. The van der Waals surface area contributed by atoms with Gasteiger partial charge >= 0.3 is 0 Å². The molecule has 0 radical (unpaired) electrons. The van der Waals surface area contributed by atoms with E-state index in [0.717, 1.165) is 24.6 Å². The molecule has 0 aliphatic heterocycles. The maximum Gasteiger partial charge on any atom is 0.266 e. The summed E-state index contributed by atoms with van der Waals surface area (Å²) in [4.78, 5) is 14.3. The topological polar surface area (TPSA) is 110 Å². The smallest absolute Gasteiger partial charge is 0.266 e. The highest BCUT2D eigenvalue weighted by atomic mass is 32.2. The van der Waals surface area contributed by atoms with E-state index in [4.69, 9.17) is 4.74 Å². The van der Waals surface area contributed by atoms with E-state index < -0.39 is 15.9 Å². The highest BCUT2D eigenvalue weighted by molar-refractivity contribution is 7.89. The number of ether oxygens (including phenoxy) is 1. The summed E-state index contributed by atoms with van der Waals surface area (Å²) in [5.74, 6) is 0.0907. The van der Waals surface area contributed by atoms with Gasteiger partial charge in [0, 0.05) is 5.56 Å². The van der Waals surface area contributed by atoms with Gasteiger partial charge in [0.2, 0.25) is 0 Å². The van der Waals surface area contributed by atoms with Crippen molar-refractivity contribution in [2.75, 3.05) is 6.61 Å². The van der Waals surface area contributed by atoms with Gasteiger partial charge < -0.3 is 4.74 Å². The Morgan fingerprint density at radius 1 is 1.07 bits per heavy atom. The maximum atomic E-state index is 12.5. The lowest BCUT2D eigenvalue weighted by atomic mass is 10.2. The Morgan fingerprint density at radius 3 is 2.62 bits per heavy atom. The largest absolute Gasteiger partial charge is 0.494 e. The van der Waals surface area contributed by atoms with Crippen LogP contribution in [0, 0.1) is 0 Å². The monoisotopic (exact) mass is 434 g/mol. The number of hydrogen-bond acceptors (Lipinski definition) is 7. The van der Waals surface area contributed by atoms with Crippen molar-refractivity contribution >= 4 is 38.7 Å². The molecular weight excluding hydrogens is 412 g/mol. The molecule has 0 spiro atoms. The standard InChI is InChI=1S/C19H22N4O4S2/c1-2-3-4-5-13-27-15-11-9-14(10-12-15)19(24)20-23-29(25,26)17-8-6-7-16-18(17)22-28-21-16/h6-12,23H,2-5,13H2,1H3,(H,20,24). The molecule has 1 amide bonds. The Kier molecular flexibility index (Phi) is 7.13. The minimum Gasteiger partial charge on any atom is -0.494 e. The summed E-state index contributed by atoms with van der Waals surface area (Å²) >= 11 is 0.923. The Hall–Kier alpha value is -2.56. The normalized spacial score (nSPS) is 11.5. The molecule has 0 bridgehead atoms. The van der Waals surface area contributed by atoms with E-state index in [2.05, 4.69) is 25.9 Å². The van der Waals surface area contributed by atoms with Crippen LogP contribution in [0.1, 0.15) is 43.0 Å². The Morgan fingerprint density at radius 2 is 1.86 bits per heavy atom. The fourth-order valence-corrected chi connectivity index (χ4v) is 4.27. The first-order valence-electron chi connectivity index (χ1n) is 9.27. The first-order valence-corrected chi connectivity index (χ1v) is 11.5. The molecule has 0 saturated carbocycles. The SMILES string of the molecule is CCCCCCOc1ccc(C(=O)NNS(=O)(=O)c2cccc3nsnc23)cc1. The minimum absolute atomic E-state index is 0.0455. The molecule has 0 unspecified atom stereocenters. The number of hydrazine groups is 1. The van der Waals surface area contributed by atoms with E-state index in [1.54, 1.807) is 36.4 Å². The number of nitrogens with zero attached hydrogens (tertiary/aromatic N) is 2. The van der Waals surface area contributed by atoms with E-state index in [-0.39, 0.29) is 10.4 Å². The highest BCUT2D eigenvalue weighted by Crippen LogP contribution is 2.20. The average molecular weight is 435 g/mol. The van der Waals surface area contributed by atoms with Crippen LogP contribution in [0.25, 0.3) is 11.0 Å². The number of carbonyl (C=O) groups is 1. The number of carbonyl (C=O) groups excluding carboxylic acids is 1. The third-order valence-corrected chi connectivity index (χ3v) is 6.04. The maximum absolute atomic E-state index is 12.5. The Balaban J connectivity index is 1.57. The van der Waals surface area contributed by atoms with Gasteiger partial charge in [-0.15, -0.1) is 4.83 Å². The zero-order valence-corrected chi connectivity index (χ0v) is 17.6. The van der Waals surface area contributed by atoms with Crippen LogP contribution in [0.2, 0.25) is 0 Å². The quantitative estimate of drug-likeness (QED) is 0.374. The summed E-state index contributed by atoms with van der Waals surface area (Å²) < 4.78 is 38.7. The van der Waals surface area contributed by atoms with Gasteiger partial charge in [0.05, 0.1) is 18.3 Å². The van der Waals surface area contributed by atoms with Crippen LogP contribution in [-0.2, 0) is 10.0 Å². The fraction of sp³-hybridized carbons (Fsp3) is 0.316. The molecular formula is C19H22N4O4S2. The van der Waals surface area contributed by atoms with Crippen LogP contribution in [0.15, 0.2) is 47.4 Å². The highest BCUT2D eigenvalue weighted by Gasteiger charge is 2.20. The molecule has 2 aromatic carbocycles. The lowest BCUT2D eigenvalue weighted by molar-refractivity contribution is 0.0945. The third kappa shape index (κ3) is 5.49. The number of nitrogens with one attached hydrogen (secondary N) is 2. The van der Waals surface area contributed by atoms with Gasteiger partial charge in [-0.3, -0.25) is 10.2 Å². The number of benzene rings is 2. The van der Waals surface area contributed by atoms with Gasteiger partial charge in [0.1, 0.15) is 21.7 Å². The second-order valence-corrected chi connectivity index (χ2v) is 8.56. The van der Waals surface area contributed by atoms with Crippen LogP contribution in [0.3, 0.4) is 0 Å². The van der Waals surface area contributed by atoms with Crippen molar-refractivity contribution in [2.24, 2.45) is 0 Å². The molecule has 0 aliphatic rings. The predicted molar refractivity (Wildman–Crippen MR) is 111 cm³/mol. The van der Waals surface area contributed by atoms with Crippen molar-refractivity contribution in [3.05, 3.63) is 48.0 Å². The number of fused-ring (bicyclic) bond motifs is 1. The number of sulfonamides is 1. The first-order chi connectivity index (χ1) is 14.0. The molecule has 10 heteroatoms. The summed E-state index contributed by atoms with van der Waals surface area (Å²) in [5, 5.41) is 0. The van der Waals surface area contributed by atoms with E-state index >= 15 is 0 Å². The number of hydrogen-bond donors (Lipinski definition) is 2. The van der Waals surface area contributed by atoms with Gasteiger partial charge in [-0.25, -0.2) is 8.42 Å². The van der Waals surface area contributed by atoms with Crippen molar-refractivity contribution < 1.29 is 17.9 Å². The fourth-order valence-electron chi connectivity index (χ4n) is 2.66. The van der Waals surface area contributed by atoms with E-state index in [1.165, 1.54) is 18.9 Å². The number of amides is 1. The molecule has 2 N–H and O–H groups in total. The second-order valence-electron chi connectivity index (χ2n) is 6.38. The molecule has 154 valence electrons. The number of rotatable bonds is 10. The molecule has 1 heterocycles. The zero-order chi connectivity index (χ0) is 20.7. The van der Waals surface area contributed by atoms with Crippen LogP contribution < -0.4 is 15.0 Å². The van der Waals surface area contributed by atoms with Gasteiger partial charge in [0.25, 0.3) is 15.9 Å². The van der Waals surface area contributed by atoms with Crippen molar-refractivity contribution in [2.45, 2.75) is 37.5 Å². The van der Waals surface area contributed by atoms with Crippen molar-refractivity contribution in [1.29, 1.82) is 0 Å². The minimum atomic E-state index is -3.99. The predicted octanol–water partition coefficient (Wildman–Crippen LogP) is 3.27. The summed E-state index contributed by atoms with van der Waals surface area (Å²) in [5.41, 5.74) is 3.27. The van der Waals surface area contributed by atoms with Gasteiger partial charge in [-0.2, -0.15) is 8.75 Å². The lowest BCUT2D eigenvalue weighted by Gasteiger charge is -2.10. The molecule has 0 aliphatic carbocycles. The van der Waals surface area contributed by atoms with Crippen LogP contribution >= 0.6 is 11.7 Å². The number of aromatic nitrogens is 2. The Labute approximate surface area is 173 Å². The lowest BCUT2D eigenvalue weighted by Crippen LogP contribution is -2.41. The van der Waals surface area contributed by atoms with Crippen molar-refractivity contribution in [3.63, 3.8) is 0 Å². The summed E-state index contributed by atoms with van der Waals surface area (Å²) in [6, 6.07) is 11.2. The molecule has 29 heavy (non-hydrogen) atoms. The molecule has 0 saturated heterocycles. The number of unbranched alkanes of at least 4 members (excludes halogenated alkanes) is 3. The van der Waals surface area contributed by atoms with Crippen molar-refractivity contribution in [1.82, 2.24) is 19.0 Å². The van der Waals surface area contributed by atoms with Gasteiger partial charge in [-0.05, 0) is 42.8 Å². The van der Waals surface area contributed by atoms with Crippen molar-refractivity contribution in [3.8, 4) is 5.75 Å². The van der Waals surface area contributed by atoms with E-state index in [9.17, 15) is 13.2 Å². The molecule has 3 rings (SSSR count). The molecule has 0 atom stereocenters. The van der Waals surface area contributed by atoms with Crippen LogP contribution in [0.5, 0.6) is 5.75 Å². The third-order valence-electron chi connectivity index (χ3n) is 4.22. The summed E-state index contributed by atoms with van der Waals surface area (Å²) in [7, 11) is -3.99.